The Morgan fingerprint density at radius 2 is 2.19 bits per heavy atom. The minimum Gasteiger partial charge on any atom is -0.396 e. The molecular formula is C16H28N2O3. The average Bonchev–Trinajstić information content (AvgIpc) is 2.44. The van der Waals surface area contributed by atoms with Gasteiger partial charge in [-0.2, -0.15) is 0 Å². The lowest BCUT2D eigenvalue weighted by Crippen LogP contribution is -2.59. The number of hydrogen-bond donors (Lipinski definition) is 2. The molecular weight excluding hydrogens is 268 g/mol. The first kappa shape index (κ1) is 15.3. The second-order valence-electron chi connectivity index (χ2n) is 7.30. The first-order valence-corrected chi connectivity index (χ1v) is 8.32. The van der Waals surface area contributed by atoms with Gasteiger partial charge in [0.05, 0.1) is 19.8 Å². The van der Waals surface area contributed by atoms with E-state index in [1.54, 1.807) is 0 Å². The number of likely N-dealkylation sites (N-methyl/N-ethyl adjacent to an activating group) is 1. The SMILES string of the molecule is CCN1CCOC[C@H]1C(=O)NCC1(CO)CC2(CCC2)C1. The maximum atomic E-state index is 12.4. The van der Waals surface area contributed by atoms with E-state index >= 15 is 0 Å². The Morgan fingerprint density at radius 1 is 1.43 bits per heavy atom. The molecule has 3 rings (SSSR count). The van der Waals surface area contributed by atoms with E-state index in [2.05, 4.69) is 17.1 Å². The summed E-state index contributed by atoms with van der Waals surface area (Å²) in [7, 11) is 0. The molecule has 21 heavy (non-hydrogen) atoms. The number of hydrogen-bond acceptors (Lipinski definition) is 4. The Morgan fingerprint density at radius 3 is 2.76 bits per heavy atom. The Bertz CT molecular complexity index is 387. The average molecular weight is 296 g/mol. The highest BCUT2D eigenvalue weighted by atomic mass is 16.5. The van der Waals surface area contributed by atoms with Crippen molar-refractivity contribution in [3.63, 3.8) is 0 Å². The summed E-state index contributed by atoms with van der Waals surface area (Å²) in [6, 6.07) is -0.169. The van der Waals surface area contributed by atoms with E-state index in [9.17, 15) is 9.90 Å². The molecule has 0 aromatic rings. The van der Waals surface area contributed by atoms with Crippen molar-refractivity contribution in [2.24, 2.45) is 10.8 Å². The molecule has 0 unspecified atom stereocenters. The third kappa shape index (κ3) is 2.83. The molecule has 2 N–H and O–H groups in total. The lowest BCUT2D eigenvalue weighted by atomic mass is 9.45. The molecule has 5 heteroatoms. The molecule has 1 amide bonds. The van der Waals surface area contributed by atoms with Crippen LogP contribution in [0.3, 0.4) is 0 Å². The van der Waals surface area contributed by atoms with Gasteiger partial charge in [0.2, 0.25) is 5.91 Å². The van der Waals surface area contributed by atoms with E-state index in [1.807, 2.05) is 0 Å². The van der Waals surface area contributed by atoms with Crippen LogP contribution in [0.1, 0.15) is 39.0 Å². The zero-order valence-electron chi connectivity index (χ0n) is 13.1. The third-order valence-corrected chi connectivity index (χ3v) is 5.84. The van der Waals surface area contributed by atoms with Gasteiger partial charge in [-0.25, -0.2) is 0 Å². The Kier molecular flexibility index (Phi) is 4.26. The normalized spacial score (nSPS) is 30.5. The summed E-state index contributed by atoms with van der Waals surface area (Å²) in [5.41, 5.74) is 0.444. The van der Waals surface area contributed by atoms with Crippen molar-refractivity contribution in [1.29, 1.82) is 0 Å². The van der Waals surface area contributed by atoms with Gasteiger partial charge < -0.3 is 15.2 Å². The fraction of sp³-hybridized carbons (Fsp3) is 0.938. The predicted octanol–water partition coefficient (Wildman–Crippen LogP) is 0.766. The molecule has 1 heterocycles. The van der Waals surface area contributed by atoms with Gasteiger partial charge in [-0.15, -0.1) is 0 Å². The molecule has 0 bridgehead atoms. The summed E-state index contributed by atoms with van der Waals surface area (Å²) >= 11 is 0. The number of ether oxygens (including phenoxy) is 1. The van der Waals surface area contributed by atoms with E-state index in [4.69, 9.17) is 4.74 Å². The molecule has 0 aromatic heterocycles. The van der Waals surface area contributed by atoms with E-state index in [0.717, 1.165) is 25.9 Å². The Balaban J connectivity index is 1.50. The van der Waals surface area contributed by atoms with Crippen molar-refractivity contribution in [1.82, 2.24) is 10.2 Å². The van der Waals surface area contributed by atoms with Gasteiger partial charge >= 0.3 is 0 Å². The Labute approximate surface area is 127 Å². The molecule has 2 aliphatic carbocycles. The van der Waals surface area contributed by atoms with E-state index < -0.39 is 0 Å². The van der Waals surface area contributed by atoms with Crippen molar-refractivity contribution in [2.45, 2.75) is 45.1 Å². The summed E-state index contributed by atoms with van der Waals surface area (Å²) < 4.78 is 5.44. The van der Waals surface area contributed by atoms with Crippen molar-refractivity contribution in [3.05, 3.63) is 0 Å². The molecule has 1 spiro atoms. The van der Waals surface area contributed by atoms with Crippen LogP contribution < -0.4 is 5.32 Å². The van der Waals surface area contributed by atoms with Crippen LogP contribution in [0.5, 0.6) is 0 Å². The summed E-state index contributed by atoms with van der Waals surface area (Å²) in [5, 5.41) is 12.8. The Hall–Kier alpha value is -0.650. The number of amides is 1. The van der Waals surface area contributed by atoms with Crippen LogP contribution in [-0.4, -0.2) is 61.4 Å². The first-order valence-electron chi connectivity index (χ1n) is 8.32. The zero-order chi connectivity index (χ0) is 14.9. The van der Waals surface area contributed by atoms with Crippen LogP contribution in [0.25, 0.3) is 0 Å². The molecule has 1 atom stereocenters. The minimum atomic E-state index is -0.169. The standard InChI is InChI=1S/C16H28N2O3/c1-2-18-6-7-21-8-13(18)14(20)17-11-16(12-19)9-15(10-16)4-3-5-15/h13,19H,2-12H2,1H3,(H,17,20)/t13-/m0/s1. The monoisotopic (exact) mass is 296 g/mol. The maximum Gasteiger partial charge on any atom is 0.239 e. The molecule has 5 nitrogen and oxygen atoms in total. The van der Waals surface area contributed by atoms with Gasteiger partial charge in [0, 0.05) is 18.5 Å². The quantitative estimate of drug-likeness (QED) is 0.786. The van der Waals surface area contributed by atoms with Crippen LogP contribution >= 0.6 is 0 Å². The molecule has 0 aromatic carbocycles. The van der Waals surface area contributed by atoms with Crippen molar-refractivity contribution in [2.75, 3.05) is 39.5 Å². The highest BCUT2D eigenvalue weighted by molar-refractivity contribution is 5.82. The third-order valence-electron chi connectivity index (χ3n) is 5.84. The topological polar surface area (TPSA) is 61.8 Å². The molecule has 1 aliphatic heterocycles. The molecule has 0 radical (unpaired) electrons. The fourth-order valence-corrected chi connectivity index (χ4v) is 4.51. The number of carbonyl (C=O) groups is 1. The predicted molar refractivity (Wildman–Crippen MR) is 79.9 cm³/mol. The van der Waals surface area contributed by atoms with Crippen LogP contribution in [0.4, 0.5) is 0 Å². The summed E-state index contributed by atoms with van der Waals surface area (Å²) in [6.45, 7) is 5.76. The van der Waals surface area contributed by atoms with Crippen molar-refractivity contribution < 1.29 is 14.6 Å². The van der Waals surface area contributed by atoms with Gasteiger partial charge in [-0.1, -0.05) is 13.3 Å². The highest BCUT2D eigenvalue weighted by Gasteiger charge is 2.56. The molecule has 3 fully saturated rings. The molecule has 3 aliphatic rings. The largest absolute Gasteiger partial charge is 0.396 e. The summed E-state index contributed by atoms with van der Waals surface area (Å²) in [6.07, 6.45) is 6.11. The number of nitrogens with zero attached hydrogens (tertiary/aromatic N) is 1. The molecule has 1 saturated heterocycles. The maximum absolute atomic E-state index is 12.4. The van der Waals surface area contributed by atoms with Crippen LogP contribution in [0.2, 0.25) is 0 Å². The lowest BCUT2D eigenvalue weighted by Gasteiger charge is -2.60. The molecule has 2 saturated carbocycles. The highest BCUT2D eigenvalue weighted by Crippen LogP contribution is 2.63. The van der Waals surface area contributed by atoms with Crippen LogP contribution in [-0.2, 0) is 9.53 Å². The minimum absolute atomic E-state index is 0.0546. The van der Waals surface area contributed by atoms with E-state index in [-0.39, 0.29) is 24.0 Å². The number of aliphatic hydroxyl groups excluding tert-OH is 1. The molecule has 120 valence electrons. The smallest absolute Gasteiger partial charge is 0.239 e. The fourth-order valence-electron chi connectivity index (χ4n) is 4.51. The first-order chi connectivity index (χ1) is 10.1. The van der Waals surface area contributed by atoms with E-state index in [0.29, 0.717) is 25.2 Å². The second kappa shape index (κ2) is 5.86. The zero-order valence-corrected chi connectivity index (χ0v) is 13.1. The number of nitrogens with one attached hydrogen (secondary N) is 1. The van der Waals surface area contributed by atoms with Crippen LogP contribution in [0, 0.1) is 10.8 Å². The summed E-state index contributed by atoms with van der Waals surface area (Å²) in [4.78, 5) is 14.6. The van der Waals surface area contributed by atoms with Crippen molar-refractivity contribution >= 4 is 5.91 Å². The van der Waals surface area contributed by atoms with Gasteiger partial charge in [0.1, 0.15) is 6.04 Å². The van der Waals surface area contributed by atoms with E-state index in [1.165, 1.54) is 19.3 Å². The second-order valence-corrected chi connectivity index (χ2v) is 7.30. The number of carbonyl (C=O) groups excluding carboxylic acids is 1. The van der Waals surface area contributed by atoms with Gasteiger partial charge in [0.15, 0.2) is 0 Å². The number of morpholine rings is 1. The van der Waals surface area contributed by atoms with Crippen LogP contribution in [0.15, 0.2) is 0 Å². The lowest BCUT2D eigenvalue weighted by molar-refractivity contribution is -0.140. The van der Waals surface area contributed by atoms with Crippen molar-refractivity contribution in [3.8, 4) is 0 Å². The van der Waals surface area contributed by atoms with Gasteiger partial charge in [-0.05, 0) is 37.6 Å². The van der Waals surface area contributed by atoms with Gasteiger partial charge in [-0.3, -0.25) is 9.69 Å². The number of aliphatic hydroxyl groups is 1. The summed E-state index contributed by atoms with van der Waals surface area (Å²) in [5.74, 6) is 0.0546. The van der Waals surface area contributed by atoms with Gasteiger partial charge in [0.25, 0.3) is 0 Å². The number of rotatable bonds is 5.